The summed E-state index contributed by atoms with van der Waals surface area (Å²) in [4.78, 5) is 0. The summed E-state index contributed by atoms with van der Waals surface area (Å²) >= 11 is 0. The Morgan fingerprint density at radius 1 is 1.23 bits per heavy atom. The molecule has 0 radical (unpaired) electrons. The van der Waals surface area contributed by atoms with E-state index in [1.807, 2.05) is 30.3 Å². The summed E-state index contributed by atoms with van der Waals surface area (Å²) in [5, 5.41) is 19.9. The summed E-state index contributed by atoms with van der Waals surface area (Å²) in [6.07, 6.45) is 2.67. The van der Waals surface area contributed by atoms with Gasteiger partial charge in [0.2, 0.25) is 6.79 Å². The predicted molar refractivity (Wildman–Crippen MR) is 97.0 cm³/mol. The maximum atomic E-state index is 9.95. The summed E-state index contributed by atoms with van der Waals surface area (Å²) in [5.74, 6) is 2.12. The fourth-order valence-corrected chi connectivity index (χ4v) is 4.17. The molecule has 0 unspecified atom stereocenters. The molecule has 1 heterocycles. The van der Waals surface area contributed by atoms with Crippen molar-refractivity contribution in [1.82, 2.24) is 0 Å². The van der Waals surface area contributed by atoms with Crippen LogP contribution in [0, 0.1) is 11.8 Å². The molecule has 0 saturated heterocycles. The molecule has 136 valence electrons. The molecule has 0 saturated carbocycles. The van der Waals surface area contributed by atoms with Gasteiger partial charge in [0.05, 0.1) is 7.11 Å². The van der Waals surface area contributed by atoms with E-state index in [4.69, 9.17) is 14.2 Å². The minimum absolute atomic E-state index is 0.0163. The fraction of sp³-hybridized carbons (Fsp3) is 0.333. The van der Waals surface area contributed by atoms with Crippen molar-refractivity contribution in [3.05, 3.63) is 59.7 Å². The van der Waals surface area contributed by atoms with E-state index in [1.54, 1.807) is 6.07 Å². The number of rotatable bonds is 4. The SMILES string of the molecule is C=C[C@@H]1[C@H](CO)Cc2cc3c(cc2[C@H]1c1ccc(O)c(OC)c1)OCO3. The third-order valence-corrected chi connectivity index (χ3v) is 5.45. The lowest BCUT2D eigenvalue weighted by Gasteiger charge is -2.38. The normalized spacial score (nSPS) is 23.4. The zero-order valence-corrected chi connectivity index (χ0v) is 14.6. The molecule has 0 fully saturated rings. The van der Waals surface area contributed by atoms with Crippen molar-refractivity contribution in [1.29, 1.82) is 0 Å². The molecule has 5 nitrogen and oxygen atoms in total. The van der Waals surface area contributed by atoms with Crippen LogP contribution in [0.15, 0.2) is 43.0 Å². The van der Waals surface area contributed by atoms with E-state index in [2.05, 4.69) is 6.58 Å². The molecule has 1 aliphatic carbocycles. The summed E-state index contributed by atoms with van der Waals surface area (Å²) in [5.41, 5.74) is 3.28. The Morgan fingerprint density at radius 3 is 2.69 bits per heavy atom. The van der Waals surface area contributed by atoms with Crippen molar-refractivity contribution in [3.63, 3.8) is 0 Å². The van der Waals surface area contributed by atoms with E-state index >= 15 is 0 Å². The fourth-order valence-electron chi connectivity index (χ4n) is 4.17. The summed E-state index contributed by atoms with van der Waals surface area (Å²) in [6, 6.07) is 9.44. The molecule has 2 aliphatic rings. The number of hydrogen-bond donors (Lipinski definition) is 2. The standard InChI is InChI=1S/C21H22O5/c1-3-15-14(10-22)6-13-8-19-20(26-11-25-19)9-16(13)21(15)12-4-5-17(23)18(7-12)24-2/h3-5,7-9,14-15,21-23H,1,6,10-11H2,2H3/t14-,15+,21-/m0/s1. The van der Waals surface area contributed by atoms with E-state index in [0.717, 1.165) is 34.6 Å². The Hall–Kier alpha value is -2.66. The number of ether oxygens (including phenoxy) is 3. The molecule has 0 aromatic heterocycles. The molecular weight excluding hydrogens is 332 g/mol. The number of benzene rings is 2. The minimum Gasteiger partial charge on any atom is -0.504 e. The average Bonchev–Trinajstić information content (AvgIpc) is 3.12. The van der Waals surface area contributed by atoms with Gasteiger partial charge in [-0.15, -0.1) is 6.58 Å². The van der Waals surface area contributed by atoms with Crippen molar-refractivity contribution >= 4 is 0 Å². The first kappa shape index (κ1) is 16.8. The number of methoxy groups -OCH3 is 1. The van der Waals surface area contributed by atoms with Crippen LogP contribution in [0.1, 0.15) is 22.6 Å². The molecule has 0 spiro atoms. The van der Waals surface area contributed by atoms with Crippen molar-refractivity contribution < 1.29 is 24.4 Å². The van der Waals surface area contributed by atoms with Crippen LogP contribution in [0.25, 0.3) is 0 Å². The van der Waals surface area contributed by atoms with Crippen LogP contribution in [0.4, 0.5) is 0 Å². The largest absolute Gasteiger partial charge is 0.504 e. The van der Waals surface area contributed by atoms with Gasteiger partial charge in [-0.05, 0) is 59.2 Å². The molecular formula is C21H22O5. The molecule has 0 amide bonds. The molecule has 5 heteroatoms. The van der Waals surface area contributed by atoms with Crippen LogP contribution in [0.2, 0.25) is 0 Å². The first-order valence-electron chi connectivity index (χ1n) is 8.69. The Kier molecular flexibility index (Phi) is 4.24. The molecule has 26 heavy (non-hydrogen) atoms. The second kappa shape index (κ2) is 6.57. The number of allylic oxidation sites excluding steroid dienone is 1. The number of aliphatic hydroxyl groups excluding tert-OH is 1. The maximum Gasteiger partial charge on any atom is 0.231 e. The number of phenolic OH excluding ortho intramolecular Hbond substituents is 1. The van der Waals surface area contributed by atoms with Gasteiger partial charge in [-0.25, -0.2) is 0 Å². The van der Waals surface area contributed by atoms with Gasteiger partial charge < -0.3 is 24.4 Å². The van der Waals surface area contributed by atoms with Crippen molar-refractivity contribution in [3.8, 4) is 23.0 Å². The third-order valence-electron chi connectivity index (χ3n) is 5.45. The predicted octanol–water partition coefficient (Wildman–Crippen LogP) is 3.23. The molecule has 2 aromatic rings. The van der Waals surface area contributed by atoms with Crippen LogP contribution >= 0.6 is 0 Å². The summed E-state index contributed by atoms with van der Waals surface area (Å²) in [7, 11) is 1.53. The van der Waals surface area contributed by atoms with Crippen LogP contribution in [-0.4, -0.2) is 30.7 Å². The molecule has 0 bridgehead atoms. The van der Waals surface area contributed by atoms with Gasteiger partial charge in [0.1, 0.15) is 0 Å². The number of aromatic hydroxyl groups is 1. The van der Waals surface area contributed by atoms with Gasteiger partial charge in [-0.2, -0.15) is 0 Å². The highest BCUT2D eigenvalue weighted by Crippen LogP contribution is 2.49. The summed E-state index contributed by atoms with van der Waals surface area (Å²) in [6.45, 7) is 4.32. The highest BCUT2D eigenvalue weighted by Gasteiger charge is 2.37. The smallest absolute Gasteiger partial charge is 0.231 e. The van der Waals surface area contributed by atoms with Crippen LogP contribution in [0.3, 0.4) is 0 Å². The molecule has 1 aliphatic heterocycles. The maximum absolute atomic E-state index is 9.95. The monoisotopic (exact) mass is 354 g/mol. The Labute approximate surface area is 152 Å². The lowest BCUT2D eigenvalue weighted by Crippen LogP contribution is -2.31. The first-order chi connectivity index (χ1) is 12.7. The van der Waals surface area contributed by atoms with Crippen molar-refractivity contribution in [2.75, 3.05) is 20.5 Å². The van der Waals surface area contributed by atoms with E-state index in [0.29, 0.717) is 5.75 Å². The number of fused-ring (bicyclic) bond motifs is 2. The van der Waals surface area contributed by atoms with Crippen LogP contribution in [-0.2, 0) is 6.42 Å². The number of hydrogen-bond acceptors (Lipinski definition) is 5. The Bertz CT molecular complexity index is 845. The van der Waals surface area contributed by atoms with E-state index in [9.17, 15) is 10.2 Å². The highest BCUT2D eigenvalue weighted by atomic mass is 16.7. The average molecular weight is 354 g/mol. The minimum atomic E-state index is -0.0163. The quantitative estimate of drug-likeness (QED) is 0.825. The molecule has 2 N–H and O–H groups in total. The molecule has 2 aromatic carbocycles. The lowest BCUT2D eigenvalue weighted by molar-refractivity contribution is 0.174. The number of phenols is 1. The van der Waals surface area contributed by atoms with Crippen LogP contribution in [0.5, 0.6) is 23.0 Å². The zero-order chi connectivity index (χ0) is 18.3. The van der Waals surface area contributed by atoms with Crippen LogP contribution < -0.4 is 14.2 Å². The highest BCUT2D eigenvalue weighted by molar-refractivity contribution is 5.55. The van der Waals surface area contributed by atoms with E-state index in [1.165, 1.54) is 7.11 Å². The lowest BCUT2D eigenvalue weighted by atomic mass is 9.66. The molecule has 4 rings (SSSR count). The van der Waals surface area contributed by atoms with Gasteiger partial charge in [0.25, 0.3) is 0 Å². The van der Waals surface area contributed by atoms with E-state index in [-0.39, 0.29) is 36.9 Å². The van der Waals surface area contributed by atoms with Gasteiger partial charge in [-0.3, -0.25) is 0 Å². The van der Waals surface area contributed by atoms with Crippen molar-refractivity contribution in [2.24, 2.45) is 11.8 Å². The topological polar surface area (TPSA) is 68.2 Å². The first-order valence-corrected chi connectivity index (χ1v) is 8.69. The Balaban J connectivity index is 1.89. The van der Waals surface area contributed by atoms with Gasteiger partial charge in [0.15, 0.2) is 23.0 Å². The second-order valence-electron chi connectivity index (χ2n) is 6.77. The van der Waals surface area contributed by atoms with Gasteiger partial charge in [-0.1, -0.05) is 12.1 Å². The van der Waals surface area contributed by atoms with Crippen molar-refractivity contribution in [2.45, 2.75) is 12.3 Å². The third kappa shape index (κ3) is 2.59. The van der Waals surface area contributed by atoms with Gasteiger partial charge >= 0.3 is 0 Å². The second-order valence-corrected chi connectivity index (χ2v) is 6.77. The van der Waals surface area contributed by atoms with E-state index < -0.39 is 0 Å². The number of aliphatic hydroxyl groups is 1. The Morgan fingerprint density at radius 2 is 2.00 bits per heavy atom. The molecule has 3 atom stereocenters. The summed E-state index contributed by atoms with van der Waals surface area (Å²) < 4.78 is 16.4. The zero-order valence-electron chi connectivity index (χ0n) is 14.6. The van der Waals surface area contributed by atoms with Gasteiger partial charge in [0, 0.05) is 12.5 Å².